The molecule has 0 heterocycles. The maximum atomic E-state index is 12.1. The van der Waals surface area contributed by atoms with Gasteiger partial charge in [0.25, 0.3) is 0 Å². The molecule has 0 radical (unpaired) electrons. The van der Waals surface area contributed by atoms with Gasteiger partial charge in [-0.15, -0.1) is 0 Å². The molecule has 1 aliphatic carbocycles. The van der Waals surface area contributed by atoms with E-state index in [9.17, 15) is 4.79 Å². The summed E-state index contributed by atoms with van der Waals surface area (Å²) < 4.78 is 0. The lowest BCUT2D eigenvalue weighted by Crippen LogP contribution is -2.27. The van der Waals surface area contributed by atoms with Gasteiger partial charge in [-0.3, -0.25) is 4.79 Å². The number of carbonyl (C=O) groups excluding carboxylic acids is 1. The van der Waals surface area contributed by atoms with E-state index in [2.05, 4.69) is 45.9 Å². The van der Waals surface area contributed by atoms with Crippen LogP contribution in [-0.2, 0) is 6.42 Å². The van der Waals surface area contributed by atoms with Gasteiger partial charge in [0.1, 0.15) is 0 Å². The van der Waals surface area contributed by atoms with Gasteiger partial charge in [0.15, 0.2) is 5.78 Å². The van der Waals surface area contributed by atoms with Crippen molar-refractivity contribution < 1.29 is 4.79 Å². The van der Waals surface area contributed by atoms with E-state index in [0.717, 1.165) is 12.0 Å². The minimum atomic E-state index is 0.128. The normalized spacial score (nSPS) is 18.7. The van der Waals surface area contributed by atoms with Gasteiger partial charge in [0, 0.05) is 12.0 Å². The molecule has 0 spiro atoms. The number of hydrogen-bond acceptors (Lipinski definition) is 1. The molecule has 1 aromatic carbocycles. The molecule has 1 heteroatoms. The van der Waals surface area contributed by atoms with Crippen LogP contribution in [0, 0.1) is 5.41 Å². The van der Waals surface area contributed by atoms with Crippen molar-refractivity contribution in [3.63, 3.8) is 0 Å². The first-order valence-corrected chi connectivity index (χ1v) is 6.05. The van der Waals surface area contributed by atoms with E-state index in [0.29, 0.717) is 18.1 Å². The van der Waals surface area contributed by atoms with Gasteiger partial charge in [-0.1, -0.05) is 39.8 Å². The van der Waals surface area contributed by atoms with Crippen molar-refractivity contribution in [2.24, 2.45) is 5.41 Å². The molecule has 1 aromatic rings. The minimum Gasteiger partial charge on any atom is -0.294 e. The van der Waals surface area contributed by atoms with E-state index >= 15 is 0 Å². The molecule has 0 unspecified atom stereocenters. The van der Waals surface area contributed by atoms with Crippen LogP contribution in [0.5, 0.6) is 0 Å². The first-order valence-electron chi connectivity index (χ1n) is 6.05. The molecular formula is C15H20O. The van der Waals surface area contributed by atoms with Crippen molar-refractivity contribution in [2.75, 3.05) is 0 Å². The first kappa shape index (κ1) is 11.4. The van der Waals surface area contributed by atoms with Gasteiger partial charge in [0.2, 0.25) is 0 Å². The predicted octanol–water partition coefficient (Wildman–Crippen LogP) is 3.97. The summed E-state index contributed by atoms with van der Waals surface area (Å²) in [4.78, 5) is 12.1. The lowest BCUT2D eigenvalue weighted by atomic mass is 9.73. The van der Waals surface area contributed by atoms with E-state index < -0.39 is 0 Å². The van der Waals surface area contributed by atoms with Gasteiger partial charge >= 0.3 is 0 Å². The molecule has 0 amide bonds. The molecule has 86 valence electrons. The van der Waals surface area contributed by atoms with Gasteiger partial charge < -0.3 is 0 Å². The summed E-state index contributed by atoms with van der Waals surface area (Å²) in [6.45, 7) is 8.67. The summed E-state index contributed by atoms with van der Waals surface area (Å²) in [6.07, 6.45) is 1.70. The van der Waals surface area contributed by atoms with E-state index in [1.165, 1.54) is 11.1 Å². The van der Waals surface area contributed by atoms with Crippen LogP contribution in [0.2, 0.25) is 0 Å². The summed E-state index contributed by atoms with van der Waals surface area (Å²) in [7, 11) is 0. The molecule has 0 saturated heterocycles. The smallest absolute Gasteiger partial charge is 0.163 e. The summed E-state index contributed by atoms with van der Waals surface area (Å²) in [5, 5.41) is 0. The Hall–Kier alpha value is -1.11. The highest BCUT2D eigenvalue weighted by Gasteiger charge is 2.30. The number of ketones is 1. The zero-order chi connectivity index (χ0) is 11.9. The monoisotopic (exact) mass is 216 g/mol. The van der Waals surface area contributed by atoms with E-state index in [4.69, 9.17) is 0 Å². The van der Waals surface area contributed by atoms with Gasteiger partial charge in [-0.25, -0.2) is 0 Å². The lowest BCUT2D eigenvalue weighted by Gasteiger charge is -2.30. The van der Waals surface area contributed by atoms with Crippen molar-refractivity contribution in [2.45, 2.75) is 46.5 Å². The number of rotatable bonds is 1. The van der Waals surface area contributed by atoms with Crippen LogP contribution in [0.4, 0.5) is 0 Å². The highest BCUT2D eigenvalue weighted by Crippen LogP contribution is 2.35. The highest BCUT2D eigenvalue weighted by molar-refractivity contribution is 5.99. The summed E-state index contributed by atoms with van der Waals surface area (Å²) >= 11 is 0. The van der Waals surface area contributed by atoms with E-state index in [-0.39, 0.29) is 5.41 Å². The average molecular weight is 216 g/mol. The summed E-state index contributed by atoms with van der Waals surface area (Å²) in [5.74, 6) is 0.807. The van der Waals surface area contributed by atoms with Gasteiger partial charge in [-0.2, -0.15) is 0 Å². The molecule has 1 aliphatic rings. The Balaban J connectivity index is 2.45. The molecule has 0 N–H and O–H groups in total. The average Bonchev–Trinajstić information content (AvgIpc) is 2.15. The summed E-state index contributed by atoms with van der Waals surface area (Å²) in [6, 6.07) is 6.40. The Kier molecular flexibility index (Phi) is 2.65. The molecule has 0 bridgehead atoms. The second kappa shape index (κ2) is 3.73. The topological polar surface area (TPSA) is 17.1 Å². The number of hydrogen-bond donors (Lipinski definition) is 0. The zero-order valence-corrected chi connectivity index (χ0v) is 10.6. The molecule has 0 aromatic heterocycles. The fourth-order valence-corrected chi connectivity index (χ4v) is 2.47. The molecule has 2 rings (SSSR count). The van der Waals surface area contributed by atoms with Gasteiger partial charge in [-0.05, 0) is 34.9 Å². The largest absolute Gasteiger partial charge is 0.294 e. The molecule has 1 nitrogen and oxygen atoms in total. The third kappa shape index (κ3) is 2.04. The minimum absolute atomic E-state index is 0.128. The molecule has 16 heavy (non-hydrogen) atoms. The van der Waals surface area contributed by atoms with Crippen molar-refractivity contribution >= 4 is 5.78 Å². The van der Waals surface area contributed by atoms with Gasteiger partial charge in [0.05, 0.1) is 0 Å². The zero-order valence-electron chi connectivity index (χ0n) is 10.6. The van der Waals surface area contributed by atoms with Crippen LogP contribution in [-0.4, -0.2) is 5.78 Å². The SMILES string of the molecule is CC(C)c1ccc2c(c1)C(=O)CC(C)(C)C2. The van der Waals surface area contributed by atoms with Crippen LogP contribution >= 0.6 is 0 Å². The van der Waals surface area contributed by atoms with Crippen molar-refractivity contribution in [3.8, 4) is 0 Å². The fraction of sp³-hybridized carbons (Fsp3) is 0.533. The van der Waals surface area contributed by atoms with Crippen molar-refractivity contribution in [1.29, 1.82) is 0 Å². The second-order valence-electron chi connectivity index (χ2n) is 6.01. The lowest BCUT2D eigenvalue weighted by molar-refractivity contribution is 0.0912. The predicted molar refractivity (Wildman–Crippen MR) is 67.0 cm³/mol. The summed E-state index contributed by atoms with van der Waals surface area (Å²) in [5.41, 5.74) is 3.59. The fourth-order valence-electron chi connectivity index (χ4n) is 2.47. The third-order valence-electron chi connectivity index (χ3n) is 3.41. The first-order chi connectivity index (χ1) is 7.39. The Morgan fingerprint density at radius 3 is 2.50 bits per heavy atom. The van der Waals surface area contributed by atoms with Crippen LogP contribution < -0.4 is 0 Å². The second-order valence-corrected chi connectivity index (χ2v) is 6.01. The Labute approximate surface area is 97.9 Å². The van der Waals surface area contributed by atoms with Crippen LogP contribution in [0.25, 0.3) is 0 Å². The van der Waals surface area contributed by atoms with Crippen LogP contribution in [0.3, 0.4) is 0 Å². The molecule has 0 aliphatic heterocycles. The van der Waals surface area contributed by atoms with Crippen LogP contribution in [0.15, 0.2) is 18.2 Å². The van der Waals surface area contributed by atoms with E-state index in [1.54, 1.807) is 0 Å². The third-order valence-corrected chi connectivity index (χ3v) is 3.41. The number of benzene rings is 1. The standard InChI is InChI=1S/C15H20O/c1-10(2)11-5-6-12-8-15(3,4)9-14(16)13(12)7-11/h5-7,10H,8-9H2,1-4H3. The Morgan fingerprint density at radius 1 is 1.19 bits per heavy atom. The van der Waals surface area contributed by atoms with Crippen LogP contribution in [0.1, 0.15) is 61.5 Å². The van der Waals surface area contributed by atoms with Crippen molar-refractivity contribution in [1.82, 2.24) is 0 Å². The molecule has 0 saturated carbocycles. The molecule has 0 fully saturated rings. The number of carbonyl (C=O) groups is 1. The molecule has 0 atom stereocenters. The Bertz CT molecular complexity index is 427. The van der Waals surface area contributed by atoms with Crippen molar-refractivity contribution in [3.05, 3.63) is 34.9 Å². The highest BCUT2D eigenvalue weighted by atomic mass is 16.1. The Morgan fingerprint density at radius 2 is 1.88 bits per heavy atom. The number of Topliss-reactive ketones (excluding diaryl/α,β-unsaturated/α-hetero) is 1. The quantitative estimate of drug-likeness (QED) is 0.694. The molecular weight excluding hydrogens is 196 g/mol. The maximum absolute atomic E-state index is 12.1. The maximum Gasteiger partial charge on any atom is 0.163 e. The van der Waals surface area contributed by atoms with E-state index in [1.807, 2.05) is 0 Å². The number of fused-ring (bicyclic) bond motifs is 1.